The molecule has 1 heterocycles. The van der Waals surface area contributed by atoms with Gasteiger partial charge >= 0.3 is 0 Å². The summed E-state index contributed by atoms with van der Waals surface area (Å²) in [6.07, 6.45) is 9.73. The van der Waals surface area contributed by atoms with E-state index in [1.807, 2.05) is 0 Å². The summed E-state index contributed by atoms with van der Waals surface area (Å²) < 4.78 is 11.4. The van der Waals surface area contributed by atoms with E-state index >= 15 is 0 Å². The fourth-order valence-corrected chi connectivity index (χ4v) is 3.87. The molecule has 0 N–H and O–H groups in total. The van der Waals surface area contributed by atoms with E-state index in [4.69, 9.17) is 9.47 Å². The first kappa shape index (κ1) is 17.1. The van der Waals surface area contributed by atoms with E-state index in [0.717, 1.165) is 44.0 Å². The van der Waals surface area contributed by atoms with Crippen LogP contribution in [0.1, 0.15) is 43.2 Å². The molecule has 1 aliphatic heterocycles. The summed E-state index contributed by atoms with van der Waals surface area (Å²) in [5.41, 5.74) is 2.80. The van der Waals surface area contributed by atoms with Gasteiger partial charge in [-0.25, -0.2) is 0 Å². The normalized spacial score (nSPS) is 24.0. The molecule has 3 nitrogen and oxygen atoms in total. The van der Waals surface area contributed by atoms with Crippen LogP contribution < -0.4 is 4.74 Å². The molecule has 3 rings (SSSR count). The van der Waals surface area contributed by atoms with E-state index in [2.05, 4.69) is 55.2 Å². The van der Waals surface area contributed by atoms with Crippen molar-refractivity contribution >= 4 is 0 Å². The van der Waals surface area contributed by atoms with Gasteiger partial charge in [0.25, 0.3) is 0 Å². The van der Waals surface area contributed by atoms with E-state index in [0.29, 0.717) is 12.0 Å². The summed E-state index contributed by atoms with van der Waals surface area (Å²) in [5.74, 6) is 2.67. The highest BCUT2D eigenvalue weighted by molar-refractivity contribution is 5.38. The van der Waals surface area contributed by atoms with E-state index in [-0.39, 0.29) is 0 Å². The smallest absolute Gasteiger partial charge is 0.119 e. The third-order valence-corrected chi connectivity index (χ3v) is 5.41. The van der Waals surface area contributed by atoms with E-state index < -0.39 is 0 Å². The average Bonchev–Trinajstić information content (AvgIpc) is 2.97. The number of allylic oxidation sites excluding steroid dienone is 4. The molecule has 0 bridgehead atoms. The fraction of sp³-hybridized carbons (Fsp3) is 0.524. The van der Waals surface area contributed by atoms with Gasteiger partial charge in [-0.3, -0.25) is 4.90 Å². The first-order valence-corrected chi connectivity index (χ1v) is 9.06. The molecule has 1 aromatic carbocycles. The van der Waals surface area contributed by atoms with Gasteiger partial charge in [0, 0.05) is 24.9 Å². The molecule has 1 aliphatic carbocycles. The van der Waals surface area contributed by atoms with Gasteiger partial charge in [0.1, 0.15) is 12.4 Å². The molecule has 0 saturated carbocycles. The Hall–Kier alpha value is -1.74. The maximum atomic E-state index is 5.94. The Morgan fingerprint density at radius 3 is 2.92 bits per heavy atom. The molecule has 1 aromatic rings. The van der Waals surface area contributed by atoms with Crippen LogP contribution in [0.5, 0.6) is 5.75 Å². The average molecular weight is 327 g/mol. The van der Waals surface area contributed by atoms with Crippen molar-refractivity contribution in [2.24, 2.45) is 0 Å². The Morgan fingerprint density at radius 2 is 2.17 bits per heavy atom. The van der Waals surface area contributed by atoms with Crippen LogP contribution in [-0.4, -0.2) is 37.7 Å². The van der Waals surface area contributed by atoms with Crippen LogP contribution >= 0.6 is 0 Å². The van der Waals surface area contributed by atoms with Crippen LogP contribution in [0.3, 0.4) is 0 Å². The fourth-order valence-electron chi connectivity index (χ4n) is 3.87. The summed E-state index contributed by atoms with van der Waals surface area (Å²) in [5, 5.41) is 0. The number of ether oxygens (including phenoxy) is 2. The van der Waals surface area contributed by atoms with Crippen molar-refractivity contribution in [2.75, 3.05) is 26.8 Å². The van der Waals surface area contributed by atoms with Crippen LogP contribution in [0.4, 0.5) is 0 Å². The van der Waals surface area contributed by atoms with Crippen molar-refractivity contribution in [3.63, 3.8) is 0 Å². The monoisotopic (exact) mass is 327 g/mol. The number of nitrogens with zero attached hydrogens (tertiary/aromatic N) is 1. The molecule has 0 aromatic heterocycles. The lowest BCUT2D eigenvalue weighted by Crippen LogP contribution is -2.32. The second-order valence-electron chi connectivity index (χ2n) is 6.84. The van der Waals surface area contributed by atoms with Crippen molar-refractivity contribution in [3.05, 3.63) is 53.3 Å². The molecule has 2 atom stereocenters. The number of methoxy groups -OCH3 is 1. The van der Waals surface area contributed by atoms with Crippen LogP contribution in [-0.2, 0) is 4.74 Å². The van der Waals surface area contributed by atoms with Crippen molar-refractivity contribution in [1.29, 1.82) is 0 Å². The topological polar surface area (TPSA) is 21.7 Å². The first-order chi connectivity index (χ1) is 11.7. The lowest BCUT2D eigenvalue weighted by Gasteiger charge is -2.26. The minimum Gasteiger partial charge on any atom is -0.497 e. The molecule has 130 valence electrons. The quantitative estimate of drug-likeness (QED) is 0.771. The van der Waals surface area contributed by atoms with Gasteiger partial charge < -0.3 is 9.47 Å². The Morgan fingerprint density at radius 1 is 1.29 bits per heavy atom. The molecule has 1 saturated heterocycles. The first-order valence-electron chi connectivity index (χ1n) is 9.06. The zero-order chi connectivity index (χ0) is 16.9. The molecule has 1 fully saturated rings. The molecule has 24 heavy (non-hydrogen) atoms. The molecule has 2 aliphatic rings. The largest absolute Gasteiger partial charge is 0.497 e. The Labute approximate surface area is 146 Å². The van der Waals surface area contributed by atoms with Crippen molar-refractivity contribution in [2.45, 2.75) is 45.1 Å². The summed E-state index contributed by atoms with van der Waals surface area (Å²) >= 11 is 0. The van der Waals surface area contributed by atoms with Crippen LogP contribution in [0.2, 0.25) is 0 Å². The zero-order valence-electron chi connectivity index (χ0n) is 15.1. The molecular weight excluding hydrogens is 298 g/mol. The number of aryl methyl sites for hydroxylation is 1. The van der Waals surface area contributed by atoms with Gasteiger partial charge in [0.2, 0.25) is 0 Å². The molecule has 3 heteroatoms. The molecule has 2 unspecified atom stereocenters. The van der Waals surface area contributed by atoms with Gasteiger partial charge in [0.15, 0.2) is 0 Å². The highest BCUT2D eigenvalue weighted by atomic mass is 16.5. The summed E-state index contributed by atoms with van der Waals surface area (Å²) in [7, 11) is 1.74. The maximum absolute atomic E-state index is 5.94. The maximum Gasteiger partial charge on any atom is 0.119 e. The van der Waals surface area contributed by atoms with E-state index in [9.17, 15) is 0 Å². The lowest BCUT2D eigenvalue weighted by molar-refractivity contribution is 0.146. The number of rotatable bonds is 6. The minimum atomic E-state index is 0.541. The van der Waals surface area contributed by atoms with Crippen LogP contribution in [0.25, 0.3) is 0 Å². The third-order valence-electron chi connectivity index (χ3n) is 5.41. The highest BCUT2D eigenvalue weighted by Gasteiger charge is 2.32. The Bertz CT molecular complexity index is 620. The van der Waals surface area contributed by atoms with Crippen LogP contribution in [0.15, 0.2) is 42.2 Å². The van der Waals surface area contributed by atoms with Crippen molar-refractivity contribution < 1.29 is 9.47 Å². The predicted molar refractivity (Wildman–Crippen MR) is 98.5 cm³/mol. The van der Waals surface area contributed by atoms with E-state index in [1.165, 1.54) is 17.5 Å². The standard InChI is InChI=1S/C21H29NO2/c1-16-9-10-19(23-3)15-21(16)20-11-12-22(17(20)2)13-14-24-18-7-5-4-6-8-18/h4-5,7,9-10,15,17,20H,6,8,11-14H2,1-3H3. The van der Waals surface area contributed by atoms with Gasteiger partial charge in [-0.15, -0.1) is 0 Å². The molecule has 0 spiro atoms. The third kappa shape index (κ3) is 3.84. The van der Waals surface area contributed by atoms with Crippen molar-refractivity contribution in [3.8, 4) is 5.75 Å². The number of hydrogen-bond acceptors (Lipinski definition) is 3. The number of benzene rings is 1. The summed E-state index contributed by atoms with van der Waals surface area (Å²) in [4.78, 5) is 2.56. The number of likely N-dealkylation sites (tertiary alicyclic amines) is 1. The van der Waals surface area contributed by atoms with E-state index in [1.54, 1.807) is 7.11 Å². The lowest BCUT2D eigenvalue weighted by atomic mass is 9.89. The summed E-state index contributed by atoms with van der Waals surface area (Å²) in [6.45, 7) is 7.48. The zero-order valence-corrected chi connectivity index (χ0v) is 15.1. The Kier molecular flexibility index (Phi) is 5.62. The second-order valence-corrected chi connectivity index (χ2v) is 6.84. The van der Waals surface area contributed by atoms with Gasteiger partial charge in [-0.1, -0.05) is 18.2 Å². The molecule has 0 amide bonds. The predicted octanol–water partition coefficient (Wildman–Crippen LogP) is 4.43. The Balaban J connectivity index is 1.57. The molecular formula is C21H29NO2. The van der Waals surface area contributed by atoms with Crippen LogP contribution in [0, 0.1) is 6.92 Å². The number of hydrogen-bond donors (Lipinski definition) is 0. The summed E-state index contributed by atoms with van der Waals surface area (Å²) in [6, 6.07) is 6.99. The van der Waals surface area contributed by atoms with Gasteiger partial charge in [-0.05, 0) is 62.6 Å². The second kappa shape index (κ2) is 7.89. The molecule has 0 radical (unpaired) electrons. The van der Waals surface area contributed by atoms with Gasteiger partial charge in [-0.2, -0.15) is 0 Å². The minimum absolute atomic E-state index is 0.541. The van der Waals surface area contributed by atoms with Gasteiger partial charge in [0.05, 0.1) is 12.9 Å². The SMILES string of the molecule is COc1ccc(C)c(C2CCN(CCOC3=CC=CCC3)C2C)c1. The highest BCUT2D eigenvalue weighted by Crippen LogP contribution is 2.36. The van der Waals surface area contributed by atoms with Crippen molar-refractivity contribution in [1.82, 2.24) is 4.90 Å².